The molecule has 320 valence electrons. The fourth-order valence-electron chi connectivity index (χ4n) is 9.46. The van der Waals surface area contributed by atoms with Crippen LogP contribution in [0.1, 0.15) is 139 Å². The number of H-pyrrole nitrogens is 2. The quantitative estimate of drug-likeness (QED) is 0.138. The van der Waals surface area contributed by atoms with E-state index in [0.717, 1.165) is 92.8 Å². The molecule has 4 unspecified atom stereocenters. The number of alkyl carbamates (subject to hydrolysis) is 1. The highest BCUT2D eigenvalue weighted by Crippen LogP contribution is 2.41. The first-order valence-electron chi connectivity index (χ1n) is 21.8. The summed E-state index contributed by atoms with van der Waals surface area (Å²) < 4.78 is 10.2. The molecule has 3 saturated heterocycles. The number of rotatable bonds is 12. The van der Waals surface area contributed by atoms with Crippen molar-refractivity contribution in [2.45, 2.75) is 134 Å². The summed E-state index contributed by atoms with van der Waals surface area (Å²) >= 11 is 0. The van der Waals surface area contributed by atoms with E-state index in [-0.39, 0.29) is 47.8 Å². The minimum Gasteiger partial charge on any atom is -0.453 e. The highest BCUT2D eigenvalue weighted by Gasteiger charge is 2.39. The van der Waals surface area contributed by atoms with E-state index in [9.17, 15) is 19.2 Å². The summed E-state index contributed by atoms with van der Waals surface area (Å²) in [6.07, 6.45) is 12.4. The summed E-state index contributed by atoms with van der Waals surface area (Å²) in [4.78, 5) is 72.8. The Labute approximate surface area is 347 Å². The molecule has 0 bridgehead atoms. The second kappa shape index (κ2) is 19.0. The number of methoxy groups -OCH3 is 1. The minimum absolute atomic E-state index is 0.0549. The Morgan fingerprint density at radius 2 is 1.29 bits per heavy atom. The minimum atomic E-state index is -0.673. The molecule has 3 aromatic rings. The molecular weight excluding hydrogens is 751 g/mol. The van der Waals surface area contributed by atoms with Gasteiger partial charge in [-0.3, -0.25) is 9.59 Å². The van der Waals surface area contributed by atoms with E-state index in [2.05, 4.69) is 50.2 Å². The zero-order valence-corrected chi connectivity index (χ0v) is 35.3. The van der Waals surface area contributed by atoms with Crippen LogP contribution >= 0.6 is 0 Å². The van der Waals surface area contributed by atoms with E-state index in [1.807, 2.05) is 49.9 Å². The maximum Gasteiger partial charge on any atom is 0.407 e. The first kappa shape index (κ1) is 42.2. The molecule has 0 spiro atoms. The number of ether oxygens (including phenoxy) is 2. The molecule has 4 atom stereocenters. The number of amides is 5. The molecule has 4 fully saturated rings. The average molecular weight is 814 g/mol. The molecule has 5 heterocycles. The molecule has 1 saturated carbocycles. The number of aromatic nitrogens is 4. The normalized spacial score (nSPS) is 23.6. The number of hydrogen-bond acceptors (Lipinski definition) is 8. The van der Waals surface area contributed by atoms with Gasteiger partial charge in [0.2, 0.25) is 11.8 Å². The van der Waals surface area contributed by atoms with Gasteiger partial charge < -0.3 is 45.2 Å². The topological polar surface area (TPSA) is 187 Å². The van der Waals surface area contributed by atoms with Gasteiger partial charge in [0.15, 0.2) is 0 Å². The van der Waals surface area contributed by atoms with Gasteiger partial charge in [-0.25, -0.2) is 19.6 Å². The van der Waals surface area contributed by atoms with Crippen molar-refractivity contribution in [3.63, 3.8) is 0 Å². The highest BCUT2D eigenvalue weighted by atomic mass is 16.5. The predicted octanol–water partition coefficient (Wildman–Crippen LogP) is 6.45. The van der Waals surface area contributed by atoms with Gasteiger partial charge in [0.05, 0.1) is 31.1 Å². The monoisotopic (exact) mass is 813 g/mol. The number of carbonyl (C=O) groups excluding carboxylic acids is 4. The lowest BCUT2D eigenvalue weighted by Crippen LogP contribution is -2.55. The number of nitrogens with zero attached hydrogens (tertiary/aromatic N) is 4. The van der Waals surface area contributed by atoms with Crippen LogP contribution in [0.25, 0.3) is 11.3 Å². The molecule has 0 radical (unpaired) electrons. The molecule has 15 heteroatoms. The number of nitrogens with one attached hydrogen (secondary N) is 5. The van der Waals surface area contributed by atoms with E-state index in [4.69, 9.17) is 19.4 Å². The zero-order chi connectivity index (χ0) is 41.6. The van der Waals surface area contributed by atoms with Crippen molar-refractivity contribution in [2.24, 2.45) is 11.8 Å². The van der Waals surface area contributed by atoms with Crippen molar-refractivity contribution < 1.29 is 28.7 Å². The lowest BCUT2D eigenvalue weighted by molar-refractivity contribution is -0.136. The molecule has 5 N–H and O–H groups in total. The van der Waals surface area contributed by atoms with Crippen LogP contribution in [-0.4, -0.2) is 105 Å². The number of hydrogen-bond donors (Lipinski definition) is 5. The average Bonchev–Trinajstić information content (AvgIpc) is 4.09. The molecule has 5 amide bonds. The molecule has 7 rings (SSSR count). The summed E-state index contributed by atoms with van der Waals surface area (Å²) in [5.74, 6) is 2.11. The van der Waals surface area contributed by atoms with Crippen LogP contribution in [0.15, 0.2) is 36.7 Å². The van der Waals surface area contributed by atoms with E-state index in [0.29, 0.717) is 38.1 Å². The summed E-state index contributed by atoms with van der Waals surface area (Å²) in [6, 6.07) is 6.92. The highest BCUT2D eigenvalue weighted by molar-refractivity contribution is 5.88. The third kappa shape index (κ3) is 9.77. The van der Waals surface area contributed by atoms with Gasteiger partial charge in [-0.15, -0.1) is 0 Å². The van der Waals surface area contributed by atoms with E-state index >= 15 is 0 Å². The van der Waals surface area contributed by atoms with E-state index in [1.165, 1.54) is 12.7 Å². The fourth-order valence-corrected chi connectivity index (χ4v) is 9.46. The summed E-state index contributed by atoms with van der Waals surface area (Å²) in [5, 5.41) is 8.73. The Bertz CT molecular complexity index is 1900. The SMILES string of the molecule is COC(=O)NC(C(=O)N1CCCC1c1ncc(-c2ccc(C3CCC(c4cnc(C5CCCN5C(=O)C(NC(=O)NC5CCOCC5)C(C)C)[nH]4)CC3)cc2)[nH]1)C(C)C. The lowest BCUT2D eigenvalue weighted by atomic mass is 9.77. The standard InChI is InChI=1S/C44H63N9O6/c1-26(2)37(50-43(56)47-32-18-22-59-23-19-32)41(54)52-20-6-8-35(52)39-45-24-33(48-39)30-14-10-28(11-15-30)29-12-16-31(17-13-29)34-25-46-40(49-34)36-9-7-21-53(36)42(55)38(27(3)4)51-44(57)58-5/h12-13,16-17,24-28,30,32,35-38H,6-11,14-15,18-23H2,1-5H3,(H,45,48)(H,46,49)(H,51,57)(H2,47,50,56). The summed E-state index contributed by atoms with van der Waals surface area (Å²) in [7, 11) is 1.30. The first-order valence-corrected chi connectivity index (χ1v) is 21.8. The third-order valence-corrected chi connectivity index (χ3v) is 12.9. The van der Waals surface area contributed by atoms with E-state index < -0.39 is 18.2 Å². The van der Waals surface area contributed by atoms with Gasteiger partial charge in [0.25, 0.3) is 0 Å². The Hall–Kier alpha value is -4.92. The molecule has 2 aromatic heterocycles. The maximum absolute atomic E-state index is 13.9. The second-order valence-electron chi connectivity index (χ2n) is 17.5. The smallest absolute Gasteiger partial charge is 0.407 e. The number of urea groups is 1. The van der Waals surface area contributed by atoms with Crippen LogP contribution in [-0.2, 0) is 19.1 Å². The van der Waals surface area contributed by atoms with Gasteiger partial charge in [-0.2, -0.15) is 0 Å². The van der Waals surface area contributed by atoms with Crippen molar-refractivity contribution in [3.8, 4) is 11.3 Å². The Morgan fingerprint density at radius 3 is 1.88 bits per heavy atom. The fraction of sp³-hybridized carbons (Fsp3) is 0.636. The molecule has 15 nitrogen and oxygen atoms in total. The van der Waals surface area contributed by atoms with Crippen LogP contribution in [0, 0.1) is 11.8 Å². The van der Waals surface area contributed by atoms with Crippen molar-refractivity contribution in [1.29, 1.82) is 0 Å². The van der Waals surface area contributed by atoms with Crippen LogP contribution in [0.5, 0.6) is 0 Å². The second-order valence-corrected chi connectivity index (χ2v) is 17.5. The number of imidazole rings is 2. The molecule has 4 aliphatic rings. The van der Waals surface area contributed by atoms with E-state index in [1.54, 1.807) is 0 Å². The van der Waals surface area contributed by atoms with Crippen LogP contribution in [0.2, 0.25) is 0 Å². The maximum atomic E-state index is 13.9. The van der Waals surface area contributed by atoms with Gasteiger partial charge in [-0.1, -0.05) is 52.0 Å². The van der Waals surface area contributed by atoms with Crippen molar-refractivity contribution in [3.05, 3.63) is 59.6 Å². The Kier molecular flexibility index (Phi) is 13.6. The molecule has 1 aliphatic carbocycles. The van der Waals surface area contributed by atoms with Crippen LogP contribution in [0.4, 0.5) is 9.59 Å². The van der Waals surface area contributed by atoms with Crippen LogP contribution < -0.4 is 16.0 Å². The van der Waals surface area contributed by atoms with Crippen molar-refractivity contribution in [1.82, 2.24) is 45.7 Å². The largest absolute Gasteiger partial charge is 0.453 e. The number of likely N-dealkylation sites (tertiary alicyclic amines) is 2. The molecular formula is C44H63N9O6. The number of aromatic amines is 2. The molecule has 3 aliphatic heterocycles. The summed E-state index contributed by atoms with van der Waals surface area (Å²) in [5.41, 5.74) is 4.42. The number of benzene rings is 1. The Balaban J connectivity index is 0.922. The predicted molar refractivity (Wildman–Crippen MR) is 222 cm³/mol. The molecule has 59 heavy (non-hydrogen) atoms. The van der Waals surface area contributed by atoms with Crippen molar-refractivity contribution >= 4 is 23.9 Å². The lowest BCUT2D eigenvalue weighted by Gasteiger charge is -2.31. The first-order chi connectivity index (χ1) is 28.5. The third-order valence-electron chi connectivity index (χ3n) is 12.9. The summed E-state index contributed by atoms with van der Waals surface area (Å²) in [6.45, 7) is 10.3. The van der Waals surface area contributed by atoms with Gasteiger partial charge >= 0.3 is 12.1 Å². The molecule has 1 aromatic carbocycles. The van der Waals surface area contributed by atoms with Gasteiger partial charge in [-0.05, 0) is 93.1 Å². The van der Waals surface area contributed by atoms with Crippen molar-refractivity contribution in [2.75, 3.05) is 33.4 Å². The number of carbonyl (C=O) groups is 4. The Morgan fingerprint density at radius 1 is 0.729 bits per heavy atom. The van der Waals surface area contributed by atoms with Gasteiger partial charge in [0.1, 0.15) is 23.7 Å². The zero-order valence-electron chi connectivity index (χ0n) is 35.3. The van der Waals surface area contributed by atoms with Crippen LogP contribution in [0.3, 0.4) is 0 Å². The van der Waals surface area contributed by atoms with Gasteiger partial charge in [0, 0.05) is 50.2 Å².